The summed E-state index contributed by atoms with van der Waals surface area (Å²) >= 11 is 7.48. The van der Waals surface area contributed by atoms with Crippen molar-refractivity contribution in [3.8, 4) is 0 Å². The van der Waals surface area contributed by atoms with Crippen LogP contribution in [-0.4, -0.2) is 30.4 Å². The highest BCUT2D eigenvalue weighted by atomic mass is 35.5. The van der Waals surface area contributed by atoms with Gasteiger partial charge in [0.25, 0.3) is 0 Å². The zero-order valence-corrected chi connectivity index (χ0v) is 12.9. The second kappa shape index (κ2) is 7.27. The summed E-state index contributed by atoms with van der Waals surface area (Å²) in [5.41, 5.74) is 0. The molecule has 0 spiro atoms. The van der Waals surface area contributed by atoms with Crippen LogP contribution in [0.25, 0.3) is 0 Å². The Hall–Kier alpha value is -0.580. The molecule has 1 amide bonds. The van der Waals surface area contributed by atoms with Crippen molar-refractivity contribution in [1.29, 1.82) is 0 Å². The Morgan fingerprint density at radius 2 is 2.42 bits per heavy atom. The van der Waals surface area contributed by atoms with E-state index in [0.717, 1.165) is 35.3 Å². The van der Waals surface area contributed by atoms with Gasteiger partial charge in [-0.25, -0.2) is 0 Å². The van der Waals surface area contributed by atoms with E-state index in [-0.39, 0.29) is 5.91 Å². The molecule has 1 saturated heterocycles. The summed E-state index contributed by atoms with van der Waals surface area (Å²) in [5, 5.41) is 3.34. The first kappa shape index (κ1) is 14.8. The largest absolute Gasteiger partial charge is 0.338 e. The smallest absolute Gasteiger partial charge is 0.222 e. The molecular weight excluding hydrogens is 280 g/mol. The highest BCUT2D eigenvalue weighted by Crippen LogP contribution is 2.23. The first-order valence-corrected chi connectivity index (χ1v) is 8.11. The molecule has 1 N–H and O–H groups in total. The van der Waals surface area contributed by atoms with E-state index >= 15 is 0 Å². The van der Waals surface area contributed by atoms with Crippen molar-refractivity contribution in [1.82, 2.24) is 10.2 Å². The normalized spacial score (nSPS) is 18.7. The van der Waals surface area contributed by atoms with Gasteiger partial charge in [0.15, 0.2) is 0 Å². The number of hydrogen-bond donors (Lipinski definition) is 1. The van der Waals surface area contributed by atoms with E-state index in [0.29, 0.717) is 18.9 Å². The number of amides is 1. The topological polar surface area (TPSA) is 32.3 Å². The van der Waals surface area contributed by atoms with Gasteiger partial charge in [-0.3, -0.25) is 4.79 Å². The van der Waals surface area contributed by atoms with Gasteiger partial charge in [0, 0.05) is 17.8 Å². The maximum Gasteiger partial charge on any atom is 0.222 e. The van der Waals surface area contributed by atoms with Crippen molar-refractivity contribution in [2.45, 2.75) is 32.7 Å². The van der Waals surface area contributed by atoms with E-state index in [9.17, 15) is 4.79 Å². The van der Waals surface area contributed by atoms with Crippen LogP contribution in [0.1, 0.15) is 31.1 Å². The van der Waals surface area contributed by atoms with Crippen LogP contribution in [0.5, 0.6) is 0 Å². The van der Waals surface area contributed by atoms with Gasteiger partial charge in [0.1, 0.15) is 0 Å². The fourth-order valence-electron chi connectivity index (χ4n) is 2.45. The lowest BCUT2D eigenvalue weighted by atomic mass is 10.0. The number of hydrogen-bond acceptors (Lipinski definition) is 3. The first-order valence-electron chi connectivity index (χ1n) is 6.91. The Morgan fingerprint density at radius 1 is 1.58 bits per heavy atom. The minimum atomic E-state index is 0.263. The number of rotatable bonds is 6. The second-order valence-corrected chi connectivity index (χ2v) is 6.81. The summed E-state index contributed by atoms with van der Waals surface area (Å²) in [6.45, 7) is 5.65. The van der Waals surface area contributed by atoms with E-state index in [2.05, 4.69) is 5.32 Å². The summed E-state index contributed by atoms with van der Waals surface area (Å²) < 4.78 is 0.788. The number of nitrogens with zero attached hydrogens (tertiary/aromatic N) is 1. The average molecular weight is 301 g/mol. The summed E-state index contributed by atoms with van der Waals surface area (Å²) in [7, 11) is 0. The third-order valence-corrected chi connectivity index (χ3v) is 4.85. The van der Waals surface area contributed by atoms with Crippen LogP contribution >= 0.6 is 22.9 Å². The van der Waals surface area contributed by atoms with Gasteiger partial charge in [-0.1, -0.05) is 11.6 Å². The quantitative estimate of drug-likeness (QED) is 0.875. The van der Waals surface area contributed by atoms with E-state index in [1.165, 1.54) is 6.42 Å². The average Bonchev–Trinajstić information content (AvgIpc) is 3.04. The summed E-state index contributed by atoms with van der Waals surface area (Å²) in [6, 6.07) is 3.90. The van der Waals surface area contributed by atoms with Crippen LogP contribution in [-0.2, 0) is 11.3 Å². The van der Waals surface area contributed by atoms with Gasteiger partial charge >= 0.3 is 0 Å². The molecule has 1 unspecified atom stereocenters. The predicted octanol–water partition coefficient (Wildman–Crippen LogP) is 3.14. The van der Waals surface area contributed by atoms with Crippen molar-refractivity contribution in [3.63, 3.8) is 0 Å². The predicted molar refractivity (Wildman–Crippen MR) is 80.6 cm³/mol. The second-order valence-electron chi connectivity index (χ2n) is 5.01. The van der Waals surface area contributed by atoms with Crippen LogP contribution in [0, 0.1) is 5.92 Å². The molecule has 0 bridgehead atoms. The molecular formula is C14H21ClN2OS. The van der Waals surface area contributed by atoms with Crippen LogP contribution in [0.3, 0.4) is 0 Å². The fraction of sp³-hybridized carbons (Fsp3) is 0.643. The van der Waals surface area contributed by atoms with Crippen LogP contribution in [0.2, 0.25) is 4.34 Å². The molecule has 1 atom stereocenters. The van der Waals surface area contributed by atoms with Crippen LogP contribution < -0.4 is 5.32 Å². The molecule has 0 radical (unpaired) electrons. The fourth-order valence-corrected chi connectivity index (χ4v) is 3.55. The monoisotopic (exact) mass is 300 g/mol. The molecule has 1 aliphatic heterocycles. The Kier molecular flexibility index (Phi) is 5.67. The minimum absolute atomic E-state index is 0.263. The third-order valence-electron chi connectivity index (χ3n) is 3.64. The van der Waals surface area contributed by atoms with Crippen LogP contribution in [0.4, 0.5) is 0 Å². The summed E-state index contributed by atoms with van der Waals surface area (Å²) in [6.07, 6.45) is 2.88. The first-order chi connectivity index (χ1) is 9.19. The van der Waals surface area contributed by atoms with Crippen molar-refractivity contribution >= 4 is 28.8 Å². The van der Waals surface area contributed by atoms with E-state index in [4.69, 9.17) is 11.6 Å². The number of nitrogens with one attached hydrogen (secondary N) is 1. The Labute approximate surface area is 123 Å². The van der Waals surface area contributed by atoms with Gasteiger partial charge < -0.3 is 10.2 Å². The van der Waals surface area contributed by atoms with Gasteiger partial charge in [-0.15, -0.1) is 11.3 Å². The maximum atomic E-state index is 12.2. The Morgan fingerprint density at radius 3 is 3.00 bits per heavy atom. The molecule has 0 saturated carbocycles. The molecule has 1 aliphatic rings. The molecule has 2 rings (SSSR count). The van der Waals surface area contributed by atoms with E-state index in [1.54, 1.807) is 11.3 Å². The highest BCUT2D eigenvalue weighted by Gasteiger charge is 2.18. The highest BCUT2D eigenvalue weighted by molar-refractivity contribution is 7.16. The molecule has 5 heteroatoms. The van der Waals surface area contributed by atoms with Gasteiger partial charge in [-0.05, 0) is 50.9 Å². The lowest BCUT2D eigenvalue weighted by molar-refractivity contribution is -0.131. The van der Waals surface area contributed by atoms with Gasteiger partial charge in [-0.2, -0.15) is 0 Å². The Balaban J connectivity index is 1.80. The Bertz CT molecular complexity index is 415. The standard InChI is InChI=1S/C14H21ClN2OS/c1-2-17(10-12-4-5-13(15)19-12)14(18)6-3-11-7-8-16-9-11/h4-5,11,16H,2-3,6-10H2,1H3. The number of carbonyl (C=O) groups is 1. The summed E-state index contributed by atoms with van der Waals surface area (Å²) in [4.78, 5) is 15.3. The maximum absolute atomic E-state index is 12.2. The van der Waals surface area contributed by atoms with Crippen molar-refractivity contribution in [3.05, 3.63) is 21.3 Å². The SMILES string of the molecule is CCN(Cc1ccc(Cl)s1)C(=O)CCC1CCNC1. The zero-order valence-electron chi connectivity index (χ0n) is 11.3. The molecule has 1 aromatic heterocycles. The number of carbonyl (C=O) groups excluding carboxylic acids is 1. The molecule has 0 aromatic carbocycles. The molecule has 1 aromatic rings. The lowest BCUT2D eigenvalue weighted by Gasteiger charge is -2.21. The van der Waals surface area contributed by atoms with Gasteiger partial charge in [0.05, 0.1) is 10.9 Å². The number of thiophene rings is 1. The molecule has 2 heterocycles. The van der Waals surface area contributed by atoms with E-state index < -0.39 is 0 Å². The lowest BCUT2D eigenvalue weighted by Crippen LogP contribution is -2.30. The van der Waals surface area contributed by atoms with Crippen molar-refractivity contribution in [2.24, 2.45) is 5.92 Å². The van der Waals surface area contributed by atoms with Gasteiger partial charge in [0.2, 0.25) is 5.91 Å². The zero-order chi connectivity index (χ0) is 13.7. The third kappa shape index (κ3) is 4.48. The van der Waals surface area contributed by atoms with E-state index in [1.807, 2.05) is 24.0 Å². The van der Waals surface area contributed by atoms with Crippen molar-refractivity contribution in [2.75, 3.05) is 19.6 Å². The van der Waals surface area contributed by atoms with Crippen LogP contribution in [0.15, 0.2) is 12.1 Å². The molecule has 3 nitrogen and oxygen atoms in total. The number of halogens is 1. The summed E-state index contributed by atoms with van der Waals surface area (Å²) in [5.74, 6) is 0.942. The molecule has 106 valence electrons. The molecule has 1 fully saturated rings. The minimum Gasteiger partial charge on any atom is -0.338 e. The molecule has 0 aliphatic carbocycles. The van der Waals surface area contributed by atoms with Crippen molar-refractivity contribution < 1.29 is 4.79 Å². The molecule has 19 heavy (non-hydrogen) atoms.